The molecule has 0 aliphatic carbocycles. The number of hydrogen-bond donors (Lipinski definition) is 1. The Bertz CT molecular complexity index is 608. The molecule has 2 aromatic rings. The molecule has 2 aromatic carbocycles. The van der Waals surface area contributed by atoms with Gasteiger partial charge in [0.2, 0.25) is 5.91 Å². The zero-order valence-electron chi connectivity index (χ0n) is 11.4. The maximum absolute atomic E-state index is 12.8. The van der Waals surface area contributed by atoms with Crippen molar-refractivity contribution in [3.05, 3.63) is 59.4 Å². The lowest BCUT2D eigenvalue weighted by Gasteiger charge is -2.12. The highest BCUT2D eigenvalue weighted by molar-refractivity contribution is 5.90. The van der Waals surface area contributed by atoms with Crippen LogP contribution in [0.15, 0.2) is 42.5 Å². The number of aryl methyl sites for hydroxylation is 1. The number of amides is 1. The van der Waals surface area contributed by atoms with Crippen molar-refractivity contribution < 1.29 is 13.9 Å². The molecule has 0 aromatic heterocycles. The van der Waals surface area contributed by atoms with Gasteiger partial charge in [-0.15, -0.1) is 0 Å². The molecule has 1 amide bonds. The molecule has 0 aliphatic rings. The van der Waals surface area contributed by atoms with Gasteiger partial charge in [0, 0.05) is 6.92 Å². The minimum atomic E-state index is -0.275. The molecule has 0 atom stereocenters. The van der Waals surface area contributed by atoms with E-state index in [1.165, 1.54) is 19.1 Å². The molecule has 0 unspecified atom stereocenters. The summed E-state index contributed by atoms with van der Waals surface area (Å²) < 4.78 is 18.5. The quantitative estimate of drug-likeness (QED) is 0.923. The van der Waals surface area contributed by atoms with Gasteiger partial charge in [-0.05, 0) is 42.3 Å². The number of halogens is 1. The van der Waals surface area contributed by atoms with E-state index in [9.17, 15) is 9.18 Å². The summed E-state index contributed by atoms with van der Waals surface area (Å²) >= 11 is 0. The summed E-state index contributed by atoms with van der Waals surface area (Å²) in [4.78, 5) is 11.2. The molecule has 20 heavy (non-hydrogen) atoms. The molecular formula is C16H16FNO2. The van der Waals surface area contributed by atoms with Gasteiger partial charge in [0.1, 0.15) is 18.2 Å². The van der Waals surface area contributed by atoms with E-state index in [0.717, 1.165) is 11.1 Å². The normalized spacial score (nSPS) is 10.2. The molecule has 2 rings (SSSR count). The van der Waals surface area contributed by atoms with Gasteiger partial charge in [0.15, 0.2) is 0 Å². The fourth-order valence-corrected chi connectivity index (χ4v) is 1.78. The summed E-state index contributed by atoms with van der Waals surface area (Å²) in [6, 6.07) is 11.7. The third-order valence-corrected chi connectivity index (χ3v) is 2.76. The van der Waals surface area contributed by atoms with Gasteiger partial charge in [-0.25, -0.2) is 4.39 Å². The number of benzene rings is 2. The molecule has 0 radical (unpaired) electrons. The van der Waals surface area contributed by atoms with Crippen molar-refractivity contribution in [2.24, 2.45) is 0 Å². The Morgan fingerprint density at radius 2 is 1.90 bits per heavy atom. The third-order valence-electron chi connectivity index (χ3n) is 2.76. The maximum atomic E-state index is 12.8. The molecular weight excluding hydrogens is 257 g/mol. The van der Waals surface area contributed by atoms with Crippen LogP contribution in [0.2, 0.25) is 0 Å². The summed E-state index contributed by atoms with van der Waals surface area (Å²) in [5, 5.41) is 2.72. The minimum Gasteiger partial charge on any atom is -0.487 e. The lowest BCUT2D eigenvalue weighted by molar-refractivity contribution is -0.114. The summed E-state index contributed by atoms with van der Waals surface area (Å²) in [5.41, 5.74) is 2.53. The SMILES string of the molecule is CC(=O)Nc1ccc(C)cc1OCc1ccc(F)cc1. The van der Waals surface area contributed by atoms with Crippen molar-refractivity contribution in [1.29, 1.82) is 0 Å². The predicted molar refractivity (Wildman–Crippen MR) is 76.2 cm³/mol. The molecule has 0 spiro atoms. The van der Waals surface area contributed by atoms with Crippen LogP contribution < -0.4 is 10.1 Å². The van der Waals surface area contributed by atoms with Crippen LogP contribution in [0.5, 0.6) is 5.75 Å². The highest BCUT2D eigenvalue weighted by Gasteiger charge is 2.06. The average molecular weight is 273 g/mol. The minimum absolute atomic E-state index is 0.152. The number of carbonyl (C=O) groups excluding carboxylic acids is 1. The first kappa shape index (κ1) is 14.1. The van der Waals surface area contributed by atoms with Gasteiger partial charge in [-0.1, -0.05) is 18.2 Å². The van der Waals surface area contributed by atoms with Crippen molar-refractivity contribution in [3.63, 3.8) is 0 Å². The highest BCUT2D eigenvalue weighted by atomic mass is 19.1. The number of carbonyl (C=O) groups is 1. The fourth-order valence-electron chi connectivity index (χ4n) is 1.78. The van der Waals surface area contributed by atoms with Crippen molar-refractivity contribution in [1.82, 2.24) is 0 Å². The average Bonchev–Trinajstić information content (AvgIpc) is 2.40. The number of hydrogen-bond acceptors (Lipinski definition) is 2. The predicted octanol–water partition coefficient (Wildman–Crippen LogP) is 3.67. The van der Waals surface area contributed by atoms with Crippen LogP contribution in [-0.4, -0.2) is 5.91 Å². The van der Waals surface area contributed by atoms with Crippen LogP contribution >= 0.6 is 0 Å². The molecule has 4 heteroatoms. The summed E-state index contributed by atoms with van der Waals surface area (Å²) in [7, 11) is 0. The summed E-state index contributed by atoms with van der Waals surface area (Å²) in [6.07, 6.45) is 0. The van der Waals surface area contributed by atoms with Gasteiger partial charge in [-0.2, -0.15) is 0 Å². The van der Waals surface area contributed by atoms with E-state index >= 15 is 0 Å². The number of nitrogens with one attached hydrogen (secondary N) is 1. The van der Waals surface area contributed by atoms with Crippen LogP contribution in [0, 0.1) is 12.7 Å². The third kappa shape index (κ3) is 3.82. The van der Waals surface area contributed by atoms with Gasteiger partial charge in [-0.3, -0.25) is 4.79 Å². The van der Waals surface area contributed by atoms with Crippen LogP contribution in [0.4, 0.5) is 10.1 Å². The van der Waals surface area contributed by atoms with E-state index in [0.29, 0.717) is 18.0 Å². The monoisotopic (exact) mass is 273 g/mol. The van der Waals surface area contributed by atoms with Crippen LogP contribution in [0.25, 0.3) is 0 Å². The molecule has 0 bridgehead atoms. The highest BCUT2D eigenvalue weighted by Crippen LogP contribution is 2.26. The zero-order valence-corrected chi connectivity index (χ0v) is 11.4. The van der Waals surface area contributed by atoms with Crippen LogP contribution in [-0.2, 0) is 11.4 Å². The van der Waals surface area contributed by atoms with E-state index in [1.54, 1.807) is 18.2 Å². The fraction of sp³-hybridized carbons (Fsp3) is 0.188. The largest absolute Gasteiger partial charge is 0.487 e. The number of rotatable bonds is 4. The van der Waals surface area contributed by atoms with Crippen molar-refractivity contribution in [3.8, 4) is 5.75 Å². The summed E-state index contributed by atoms with van der Waals surface area (Å²) in [5.74, 6) is 0.174. The molecule has 104 valence electrons. The van der Waals surface area contributed by atoms with Gasteiger partial charge in [0.05, 0.1) is 5.69 Å². The Balaban J connectivity index is 2.13. The Morgan fingerprint density at radius 1 is 1.20 bits per heavy atom. The first-order valence-electron chi connectivity index (χ1n) is 6.30. The number of anilines is 1. The Labute approximate surface area is 117 Å². The van der Waals surface area contributed by atoms with Gasteiger partial charge < -0.3 is 10.1 Å². The molecule has 0 heterocycles. The van der Waals surface area contributed by atoms with E-state index in [2.05, 4.69) is 5.32 Å². The lowest BCUT2D eigenvalue weighted by Crippen LogP contribution is -2.08. The second-order valence-corrected chi connectivity index (χ2v) is 4.60. The lowest BCUT2D eigenvalue weighted by atomic mass is 10.2. The second kappa shape index (κ2) is 6.19. The first-order valence-corrected chi connectivity index (χ1v) is 6.30. The molecule has 0 fully saturated rings. The summed E-state index contributed by atoms with van der Waals surface area (Å²) in [6.45, 7) is 3.71. The molecule has 0 saturated carbocycles. The van der Waals surface area contributed by atoms with E-state index < -0.39 is 0 Å². The molecule has 0 aliphatic heterocycles. The molecule has 1 N–H and O–H groups in total. The standard InChI is InChI=1S/C16H16FNO2/c1-11-3-8-15(18-12(2)19)16(9-11)20-10-13-4-6-14(17)7-5-13/h3-9H,10H2,1-2H3,(H,18,19). The number of ether oxygens (including phenoxy) is 1. The smallest absolute Gasteiger partial charge is 0.221 e. The van der Waals surface area contributed by atoms with Crippen molar-refractivity contribution in [2.75, 3.05) is 5.32 Å². The Hall–Kier alpha value is -2.36. The van der Waals surface area contributed by atoms with Crippen molar-refractivity contribution in [2.45, 2.75) is 20.5 Å². The second-order valence-electron chi connectivity index (χ2n) is 4.60. The first-order chi connectivity index (χ1) is 9.54. The molecule has 0 saturated heterocycles. The topological polar surface area (TPSA) is 38.3 Å². The van der Waals surface area contributed by atoms with E-state index in [4.69, 9.17) is 4.74 Å². The Kier molecular flexibility index (Phi) is 4.35. The zero-order chi connectivity index (χ0) is 14.5. The van der Waals surface area contributed by atoms with Crippen LogP contribution in [0.3, 0.4) is 0 Å². The van der Waals surface area contributed by atoms with Crippen LogP contribution in [0.1, 0.15) is 18.1 Å². The maximum Gasteiger partial charge on any atom is 0.221 e. The van der Waals surface area contributed by atoms with E-state index in [1.807, 2.05) is 19.1 Å². The Morgan fingerprint density at radius 3 is 2.55 bits per heavy atom. The van der Waals surface area contributed by atoms with E-state index in [-0.39, 0.29) is 11.7 Å². The molecule has 3 nitrogen and oxygen atoms in total. The van der Waals surface area contributed by atoms with Gasteiger partial charge in [0.25, 0.3) is 0 Å². The van der Waals surface area contributed by atoms with Gasteiger partial charge >= 0.3 is 0 Å². The van der Waals surface area contributed by atoms with Crippen molar-refractivity contribution >= 4 is 11.6 Å².